The fourth-order valence-electron chi connectivity index (χ4n) is 1.53. The lowest BCUT2D eigenvalue weighted by atomic mass is 10.4. The van der Waals surface area contributed by atoms with Crippen LogP contribution in [0, 0.1) is 6.92 Å². The minimum absolute atomic E-state index is 0.154. The van der Waals surface area contributed by atoms with Crippen molar-refractivity contribution in [3.8, 4) is 0 Å². The Morgan fingerprint density at radius 3 is 2.89 bits per heavy atom. The van der Waals surface area contributed by atoms with Crippen LogP contribution in [-0.2, 0) is 23.2 Å². The Morgan fingerprint density at radius 1 is 1.53 bits per heavy atom. The van der Waals surface area contributed by atoms with E-state index >= 15 is 0 Å². The van der Waals surface area contributed by atoms with Gasteiger partial charge in [-0.15, -0.1) is 11.3 Å². The number of hydrogen-bond donors (Lipinski definition) is 2. The summed E-state index contributed by atoms with van der Waals surface area (Å²) in [6, 6.07) is 1.48. The molecule has 0 aliphatic carbocycles. The van der Waals surface area contributed by atoms with Gasteiger partial charge < -0.3 is 5.11 Å². The molecule has 0 spiro atoms. The van der Waals surface area contributed by atoms with Crippen LogP contribution < -0.4 is 4.72 Å². The second kappa shape index (κ2) is 5.83. The van der Waals surface area contributed by atoms with Crippen molar-refractivity contribution in [2.24, 2.45) is 0 Å². The maximum Gasteiger partial charge on any atom is 0.250 e. The highest BCUT2D eigenvalue weighted by Gasteiger charge is 2.15. The summed E-state index contributed by atoms with van der Waals surface area (Å²) < 4.78 is 28.3. The van der Waals surface area contributed by atoms with E-state index in [4.69, 9.17) is 5.11 Å². The molecule has 0 bridgehead atoms. The summed E-state index contributed by atoms with van der Waals surface area (Å²) in [5.41, 5.74) is 1.64. The van der Waals surface area contributed by atoms with Crippen LogP contribution in [0.15, 0.2) is 28.0 Å². The molecule has 6 nitrogen and oxygen atoms in total. The summed E-state index contributed by atoms with van der Waals surface area (Å²) in [6.07, 6.45) is 3.57. The van der Waals surface area contributed by atoms with Crippen molar-refractivity contribution in [2.45, 2.75) is 24.3 Å². The normalized spacial score (nSPS) is 11.9. The zero-order chi connectivity index (χ0) is 13.9. The average Bonchev–Trinajstić information content (AvgIpc) is 2.98. The molecule has 19 heavy (non-hydrogen) atoms. The predicted octanol–water partition coefficient (Wildman–Crippen LogP) is 0.724. The molecule has 2 aromatic rings. The molecule has 0 fully saturated rings. The lowest BCUT2D eigenvalue weighted by Gasteiger charge is -2.04. The van der Waals surface area contributed by atoms with Crippen molar-refractivity contribution in [1.82, 2.24) is 14.5 Å². The first kappa shape index (κ1) is 14.2. The minimum atomic E-state index is -3.50. The van der Waals surface area contributed by atoms with E-state index in [9.17, 15) is 8.42 Å². The van der Waals surface area contributed by atoms with Crippen molar-refractivity contribution in [3.05, 3.63) is 35.0 Å². The van der Waals surface area contributed by atoms with Crippen LogP contribution in [0.3, 0.4) is 0 Å². The van der Waals surface area contributed by atoms with Crippen molar-refractivity contribution in [2.75, 3.05) is 6.54 Å². The molecule has 0 aromatic carbocycles. The van der Waals surface area contributed by atoms with E-state index < -0.39 is 10.0 Å². The smallest absolute Gasteiger partial charge is 0.250 e. The lowest BCUT2D eigenvalue weighted by molar-refractivity contribution is 0.282. The first-order valence-electron chi connectivity index (χ1n) is 5.68. The fourth-order valence-corrected chi connectivity index (χ4v) is 3.80. The molecule has 2 rings (SSSR count). The molecule has 2 N–H and O–H groups in total. The number of aryl methyl sites for hydroxylation is 1. The second-order valence-corrected chi connectivity index (χ2v) is 7.02. The Hall–Kier alpha value is -1.22. The number of aliphatic hydroxyl groups is 1. The molecule has 104 valence electrons. The third-order valence-electron chi connectivity index (χ3n) is 2.47. The van der Waals surface area contributed by atoms with E-state index in [0.717, 1.165) is 16.9 Å². The number of rotatable bonds is 6. The first-order valence-corrected chi connectivity index (χ1v) is 8.04. The molecule has 0 amide bonds. The molecule has 0 unspecified atom stereocenters. The van der Waals surface area contributed by atoms with Gasteiger partial charge in [0, 0.05) is 12.7 Å². The minimum Gasteiger partial charge on any atom is -0.392 e. The van der Waals surface area contributed by atoms with Gasteiger partial charge in [0.25, 0.3) is 0 Å². The number of aliphatic hydroxyl groups excluding tert-OH is 1. The third-order valence-corrected chi connectivity index (χ3v) is 5.42. The van der Waals surface area contributed by atoms with Crippen LogP contribution in [0.1, 0.15) is 11.1 Å². The zero-order valence-corrected chi connectivity index (χ0v) is 12.0. The molecule has 0 aliphatic rings. The molecular formula is C11H15N3O3S2. The van der Waals surface area contributed by atoms with Gasteiger partial charge >= 0.3 is 0 Å². The van der Waals surface area contributed by atoms with Crippen LogP contribution in [0.2, 0.25) is 0 Å². The number of sulfonamides is 1. The number of nitrogens with zero attached hydrogens (tertiary/aromatic N) is 2. The fraction of sp³-hybridized carbons (Fsp3) is 0.364. The summed E-state index contributed by atoms with van der Waals surface area (Å²) >= 11 is 1.10. The maximum atomic E-state index is 11.9. The SMILES string of the molecule is Cc1cnn(CCNS(=O)(=O)c2cc(CO)cs2)c1. The molecule has 0 atom stereocenters. The molecule has 0 aliphatic heterocycles. The van der Waals surface area contributed by atoms with Gasteiger partial charge in [0.15, 0.2) is 0 Å². The molecular weight excluding hydrogens is 286 g/mol. The van der Waals surface area contributed by atoms with Gasteiger partial charge in [-0.2, -0.15) is 5.10 Å². The largest absolute Gasteiger partial charge is 0.392 e. The standard InChI is InChI=1S/C11H15N3O3S2/c1-9-5-12-14(6-9)3-2-13-19(16,17)11-4-10(7-15)8-18-11/h4-6,8,13,15H,2-3,7H2,1H3. The Kier molecular flexibility index (Phi) is 4.35. The molecule has 2 aromatic heterocycles. The van der Waals surface area contributed by atoms with E-state index in [-0.39, 0.29) is 17.4 Å². The van der Waals surface area contributed by atoms with Crippen LogP contribution in [0.4, 0.5) is 0 Å². The van der Waals surface area contributed by atoms with Gasteiger partial charge in [-0.3, -0.25) is 4.68 Å². The van der Waals surface area contributed by atoms with Crippen molar-refractivity contribution in [3.63, 3.8) is 0 Å². The summed E-state index contributed by atoms with van der Waals surface area (Å²) in [5, 5.41) is 14.6. The second-order valence-electron chi connectivity index (χ2n) is 4.11. The van der Waals surface area contributed by atoms with Gasteiger partial charge in [-0.05, 0) is 29.5 Å². The topological polar surface area (TPSA) is 84.2 Å². The highest BCUT2D eigenvalue weighted by Crippen LogP contribution is 2.19. The Bertz CT molecular complexity index is 646. The van der Waals surface area contributed by atoms with Crippen LogP contribution in [0.25, 0.3) is 0 Å². The zero-order valence-electron chi connectivity index (χ0n) is 10.4. The van der Waals surface area contributed by atoms with Gasteiger partial charge in [0.2, 0.25) is 10.0 Å². The highest BCUT2D eigenvalue weighted by atomic mass is 32.2. The predicted molar refractivity (Wildman–Crippen MR) is 72.4 cm³/mol. The number of nitrogens with one attached hydrogen (secondary N) is 1. The van der Waals surface area contributed by atoms with Crippen molar-refractivity contribution >= 4 is 21.4 Å². The Balaban J connectivity index is 1.94. The average molecular weight is 301 g/mol. The summed E-state index contributed by atoms with van der Waals surface area (Å²) in [7, 11) is -3.50. The molecule has 2 heterocycles. The van der Waals surface area contributed by atoms with E-state index in [0.29, 0.717) is 12.1 Å². The first-order chi connectivity index (χ1) is 9.01. The Labute approximate surface area is 115 Å². The maximum absolute atomic E-state index is 11.9. The number of aromatic nitrogens is 2. The molecule has 0 saturated heterocycles. The van der Waals surface area contributed by atoms with E-state index in [1.165, 1.54) is 6.07 Å². The van der Waals surface area contributed by atoms with Crippen molar-refractivity contribution < 1.29 is 13.5 Å². The number of hydrogen-bond acceptors (Lipinski definition) is 5. The summed E-state index contributed by atoms with van der Waals surface area (Å²) in [5.74, 6) is 0. The van der Waals surface area contributed by atoms with E-state index in [1.54, 1.807) is 16.3 Å². The summed E-state index contributed by atoms with van der Waals surface area (Å²) in [4.78, 5) is 0. The van der Waals surface area contributed by atoms with Crippen LogP contribution in [0.5, 0.6) is 0 Å². The molecule has 8 heteroatoms. The van der Waals surface area contributed by atoms with Gasteiger partial charge in [0.1, 0.15) is 4.21 Å². The summed E-state index contributed by atoms with van der Waals surface area (Å²) in [6.45, 7) is 2.52. The Morgan fingerprint density at radius 2 is 2.32 bits per heavy atom. The highest BCUT2D eigenvalue weighted by molar-refractivity contribution is 7.91. The van der Waals surface area contributed by atoms with E-state index in [2.05, 4.69) is 9.82 Å². The lowest BCUT2D eigenvalue weighted by Crippen LogP contribution is -2.27. The monoisotopic (exact) mass is 301 g/mol. The van der Waals surface area contributed by atoms with Gasteiger partial charge in [-0.25, -0.2) is 13.1 Å². The third kappa shape index (κ3) is 3.63. The van der Waals surface area contributed by atoms with Crippen LogP contribution >= 0.6 is 11.3 Å². The van der Waals surface area contributed by atoms with Gasteiger partial charge in [-0.1, -0.05) is 0 Å². The number of thiophene rings is 1. The van der Waals surface area contributed by atoms with Crippen molar-refractivity contribution in [1.29, 1.82) is 0 Å². The van der Waals surface area contributed by atoms with E-state index in [1.807, 2.05) is 13.1 Å². The quantitative estimate of drug-likeness (QED) is 0.823. The molecule has 0 saturated carbocycles. The molecule has 0 radical (unpaired) electrons. The van der Waals surface area contributed by atoms with Crippen LogP contribution in [-0.4, -0.2) is 29.8 Å². The van der Waals surface area contributed by atoms with Gasteiger partial charge in [0.05, 0.1) is 19.3 Å².